The molecule has 1 aromatic carbocycles. The Hall–Kier alpha value is -3.49. The maximum Gasteiger partial charge on any atom is 0.261 e. The molecule has 0 N–H and O–H groups in total. The molecule has 3 aromatic rings. The molecule has 1 aliphatic rings. The van der Waals surface area contributed by atoms with Gasteiger partial charge in [-0.3, -0.25) is 14.2 Å². The Bertz CT molecular complexity index is 1100. The van der Waals surface area contributed by atoms with Gasteiger partial charge in [-0.1, -0.05) is 12.1 Å². The van der Waals surface area contributed by atoms with E-state index in [1.165, 1.54) is 10.9 Å². The van der Waals surface area contributed by atoms with Crippen LogP contribution in [0, 0.1) is 6.92 Å². The average molecular weight is 394 g/mol. The molecule has 3 heterocycles. The van der Waals surface area contributed by atoms with Gasteiger partial charge in [-0.2, -0.15) is 4.98 Å². The first-order valence-electron chi connectivity index (χ1n) is 9.42. The van der Waals surface area contributed by atoms with Gasteiger partial charge in [0.15, 0.2) is 0 Å². The number of benzene rings is 1. The minimum atomic E-state index is -0.203. The van der Waals surface area contributed by atoms with Crippen molar-refractivity contribution in [3.8, 4) is 5.88 Å². The molecule has 29 heavy (non-hydrogen) atoms. The predicted octanol–water partition coefficient (Wildman–Crippen LogP) is 0.852. The summed E-state index contributed by atoms with van der Waals surface area (Å²) in [6, 6.07) is 8.93. The van der Waals surface area contributed by atoms with Gasteiger partial charge in [0.05, 0.1) is 24.3 Å². The van der Waals surface area contributed by atoms with Gasteiger partial charge in [0.25, 0.3) is 5.56 Å². The number of hydrogen-bond donors (Lipinski definition) is 0. The maximum atomic E-state index is 12.7. The number of carbonyl (C=O) groups excluding carboxylic acids is 1. The van der Waals surface area contributed by atoms with Crippen molar-refractivity contribution in [2.45, 2.75) is 13.5 Å². The molecule has 1 aliphatic heterocycles. The van der Waals surface area contributed by atoms with E-state index < -0.39 is 0 Å². The third-order valence-corrected chi connectivity index (χ3v) is 5.00. The van der Waals surface area contributed by atoms with Crippen molar-refractivity contribution in [1.82, 2.24) is 24.4 Å². The van der Waals surface area contributed by atoms with Crippen molar-refractivity contribution < 1.29 is 9.53 Å². The SMILES string of the molecule is COc1cc(N2CCN(C(=O)Cn3cnc4ccccc4c3=O)CC2)nc(C)n1. The molecule has 2 aromatic heterocycles. The summed E-state index contributed by atoms with van der Waals surface area (Å²) >= 11 is 0. The monoisotopic (exact) mass is 394 g/mol. The van der Waals surface area contributed by atoms with Crippen molar-refractivity contribution in [2.24, 2.45) is 0 Å². The highest BCUT2D eigenvalue weighted by atomic mass is 16.5. The second kappa shape index (κ2) is 7.86. The Morgan fingerprint density at radius 1 is 1.14 bits per heavy atom. The fourth-order valence-electron chi connectivity index (χ4n) is 3.44. The molecule has 0 bridgehead atoms. The van der Waals surface area contributed by atoms with E-state index in [1.54, 1.807) is 36.3 Å². The lowest BCUT2D eigenvalue weighted by Gasteiger charge is -2.35. The van der Waals surface area contributed by atoms with Crippen LogP contribution in [-0.2, 0) is 11.3 Å². The van der Waals surface area contributed by atoms with Gasteiger partial charge in [-0.15, -0.1) is 0 Å². The van der Waals surface area contributed by atoms with Crippen LogP contribution in [0.5, 0.6) is 5.88 Å². The van der Waals surface area contributed by atoms with E-state index in [0.717, 1.165) is 5.82 Å². The summed E-state index contributed by atoms with van der Waals surface area (Å²) in [5, 5.41) is 0.515. The summed E-state index contributed by atoms with van der Waals surface area (Å²) in [4.78, 5) is 42.1. The maximum absolute atomic E-state index is 12.7. The lowest BCUT2D eigenvalue weighted by Crippen LogP contribution is -2.50. The van der Waals surface area contributed by atoms with E-state index in [1.807, 2.05) is 13.0 Å². The number of methoxy groups -OCH3 is 1. The molecular formula is C20H22N6O3. The minimum absolute atomic E-state index is 0.0168. The summed E-state index contributed by atoms with van der Waals surface area (Å²) in [5.41, 5.74) is 0.427. The molecule has 0 unspecified atom stereocenters. The summed E-state index contributed by atoms with van der Waals surface area (Å²) in [5.74, 6) is 1.85. The van der Waals surface area contributed by atoms with Crippen LogP contribution in [0.15, 0.2) is 41.5 Å². The molecule has 1 fully saturated rings. The van der Waals surface area contributed by atoms with Crippen LogP contribution in [0.3, 0.4) is 0 Å². The van der Waals surface area contributed by atoms with Gasteiger partial charge < -0.3 is 14.5 Å². The minimum Gasteiger partial charge on any atom is -0.481 e. The first-order chi connectivity index (χ1) is 14.0. The number of aryl methyl sites for hydroxylation is 1. The number of para-hydroxylation sites is 1. The van der Waals surface area contributed by atoms with E-state index >= 15 is 0 Å². The van der Waals surface area contributed by atoms with Crippen molar-refractivity contribution in [1.29, 1.82) is 0 Å². The number of hydrogen-bond acceptors (Lipinski definition) is 7. The molecular weight excluding hydrogens is 372 g/mol. The van der Waals surface area contributed by atoms with Crippen LogP contribution in [0.1, 0.15) is 5.82 Å². The fraction of sp³-hybridized carbons (Fsp3) is 0.350. The Kier molecular flexibility index (Phi) is 5.11. The van der Waals surface area contributed by atoms with Crippen LogP contribution in [0.4, 0.5) is 5.82 Å². The van der Waals surface area contributed by atoms with Gasteiger partial charge in [0.2, 0.25) is 11.8 Å². The number of ether oxygens (including phenoxy) is 1. The number of amides is 1. The second-order valence-electron chi connectivity index (χ2n) is 6.88. The number of piperazine rings is 1. The van der Waals surface area contributed by atoms with Crippen molar-refractivity contribution in [3.63, 3.8) is 0 Å². The largest absolute Gasteiger partial charge is 0.481 e. The van der Waals surface area contributed by atoms with E-state index in [9.17, 15) is 9.59 Å². The third-order valence-electron chi connectivity index (χ3n) is 5.00. The molecule has 1 saturated heterocycles. The van der Waals surface area contributed by atoms with Crippen LogP contribution in [0.25, 0.3) is 10.9 Å². The van der Waals surface area contributed by atoms with Crippen LogP contribution in [-0.4, -0.2) is 63.6 Å². The molecule has 4 rings (SSSR count). The summed E-state index contributed by atoms with van der Waals surface area (Å²) in [6.45, 7) is 4.21. The first kappa shape index (κ1) is 18.9. The number of nitrogens with zero attached hydrogens (tertiary/aromatic N) is 6. The molecule has 9 nitrogen and oxygen atoms in total. The summed E-state index contributed by atoms with van der Waals surface area (Å²) < 4.78 is 6.58. The topological polar surface area (TPSA) is 93.5 Å². The highest BCUT2D eigenvalue weighted by molar-refractivity contribution is 5.79. The first-order valence-corrected chi connectivity index (χ1v) is 9.42. The van der Waals surface area contributed by atoms with Crippen molar-refractivity contribution in [3.05, 3.63) is 52.8 Å². The number of rotatable bonds is 4. The molecule has 9 heteroatoms. The zero-order valence-corrected chi connectivity index (χ0v) is 16.4. The molecule has 0 aliphatic carbocycles. The van der Waals surface area contributed by atoms with E-state index in [4.69, 9.17) is 4.74 Å². The molecule has 0 saturated carbocycles. The Labute approximate surface area is 167 Å². The number of carbonyl (C=O) groups is 1. The van der Waals surface area contributed by atoms with Gasteiger partial charge >= 0.3 is 0 Å². The Balaban J connectivity index is 1.43. The molecule has 0 spiro atoms. The number of anilines is 1. The smallest absolute Gasteiger partial charge is 0.261 e. The standard InChI is InChI=1S/C20H22N6O3/c1-14-22-17(11-18(23-14)29-2)24-7-9-25(10-8-24)19(27)12-26-13-21-16-6-4-3-5-15(16)20(26)28/h3-6,11,13H,7-10,12H2,1-2H3. The van der Waals surface area contributed by atoms with Crippen LogP contribution < -0.4 is 15.2 Å². The molecule has 1 amide bonds. The average Bonchev–Trinajstić information content (AvgIpc) is 2.75. The second-order valence-corrected chi connectivity index (χ2v) is 6.88. The highest BCUT2D eigenvalue weighted by Gasteiger charge is 2.23. The van der Waals surface area contributed by atoms with Crippen LogP contribution >= 0.6 is 0 Å². The highest BCUT2D eigenvalue weighted by Crippen LogP contribution is 2.19. The lowest BCUT2D eigenvalue weighted by molar-refractivity contribution is -0.132. The van der Waals surface area contributed by atoms with Gasteiger partial charge in [0, 0.05) is 32.2 Å². The molecule has 0 radical (unpaired) electrons. The van der Waals surface area contributed by atoms with Crippen LogP contribution in [0.2, 0.25) is 0 Å². The van der Waals surface area contributed by atoms with Crippen molar-refractivity contribution in [2.75, 3.05) is 38.2 Å². The quantitative estimate of drug-likeness (QED) is 0.648. The number of fused-ring (bicyclic) bond motifs is 1. The van der Waals surface area contributed by atoms with Gasteiger partial charge in [-0.25, -0.2) is 9.97 Å². The summed E-state index contributed by atoms with van der Waals surface area (Å²) in [7, 11) is 1.58. The normalized spacial score (nSPS) is 14.3. The van der Waals surface area contributed by atoms with Crippen molar-refractivity contribution >= 4 is 22.6 Å². The lowest BCUT2D eigenvalue weighted by atomic mass is 10.2. The number of aromatic nitrogens is 4. The fourth-order valence-corrected chi connectivity index (χ4v) is 3.44. The summed E-state index contributed by atoms with van der Waals surface area (Å²) in [6.07, 6.45) is 1.44. The van der Waals surface area contributed by atoms with Gasteiger partial charge in [0.1, 0.15) is 18.2 Å². The Morgan fingerprint density at radius 2 is 1.90 bits per heavy atom. The molecule has 0 atom stereocenters. The zero-order valence-electron chi connectivity index (χ0n) is 16.4. The Morgan fingerprint density at radius 3 is 2.66 bits per heavy atom. The van der Waals surface area contributed by atoms with E-state index in [2.05, 4.69) is 19.9 Å². The molecule has 150 valence electrons. The van der Waals surface area contributed by atoms with Gasteiger partial charge in [-0.05, 0) is 19.1 Å². The third kappa shape index (κ3) is 3.89. The zero-order chi connectivity index (χ0) is 20.4. The van der Waals surface area contributed by atoms with E-state index in [0.29, 0.717) is 48.8 Å². The predicted molar refractivity (Wildman–Crippen MR) is 108 cm³/mol. The van der Waals surface area contributed by atoms with E-state index in [-0.39, 0.29) is 18.0 Å².